The molecule has 11 heteroatoms. The third kappa shape index (κ3) is 9.72. The highest BCUT2D eigenvalue weighted by Gasteiger charge is 2.38. The van der Waals surface area contributed by atoms with Gasteiger partial charge in [0.05, 0.1) is 6.04 Å². The van der Waals surface area contributed by atoms with Crippen molar-refractivity contribution in [2.45, 2.75) is 85.1 Å². The van der Waals surface area contributed by atoms with Crippen LogP contribution in [-0.2, 0) is 13.8 Å². The van der Waals surface area contributed by atoms with Crippen LogP contribution in [0.2, 0.25) is 0 Å². The third-order valence-electron chi connectivity index (χ3n) is 3.04. The largest absolute Gasteiger partial charge is 0.616 e. The predicted molar refractivity (Wildman–Crippen MR) is 95.9 cm³/mol. The summed E-state index contributed by atoms with van der Waals surface area (Å²) in [4.78, 5) is 27.2. The summed E-state index contributed by atoms with van der Waals surface area (Å²) in [5.74, 6) is -0.894. The van der Waals surface area contributed by atoms with Crippen LogP contribution in [-0.4, -0.2) is 63.7 Å². The molecule has 0 aromatic rings. The van der Waals surface area contributed by atoms with Crippen molar-refractivity contribution in [3.05, 3.63) is 0 Å². The highest BCUT2D eigenvalue weighted by atomic mass is 31.2. The van der Waals surface area contributed by atoms with Crippen molar-refractivity contribution in [2.75, 3.05) is 0 Å². The number of hydrogen-bond acceptors (Lipinski definition) is 7. The van der Waals surface area contributed by atoms with Crippen molar-refractivity contribution >= 4 is 19.9 Å². The first-order valence-electron chi connectivity index (χ1n) is 8.51. The summed E-state index contributed by atoms with van der Waals surface area (Å²) in [7, 11) is -3.68. The molecule has 0 aromatic carbocycles. The molecule has 26 heavy (non-hydrogen) atoms. The van der Waals surface area contributed by atoms with Gasteiger partial charge >= 0.3 is 14.0 Å². The van der Waals surface area contributed by atoms with Crippen LogP contribution in [0, 0.1) is 0 Å². The Morgan fingerprint density at radius 1 is 1.04 bits per heavy atom. The van der Waals surface area contributed by atoms with E-state index in [0.29, 0.717) is 0 Å². The fraction of sp³-hybridized carbons (Fsp3) is 0.867. The Morgan fingerprint density at radius 3 is 1.88 bits per heavy atom. The zero-order valence-electron chi connectivity index (χ0n) is 16.4. The smallest absolute Gasteiger partial charge is 0.354 e. The summed E-state index contributed by atoms with van der Waals surface area (Å²) in [5.41, 5.74) is 0. The number of carbonyl (C=O) groups is 1. The van der Waals surface area contributed by atoms with Gasteiger partial charge in [-0.05, 0) is 41.5 Å². The summed E-state index contributed by atoms with van der Waals surface area (Å²) < 4.78 is 10.7. The van der Waals surface area contributed by atoms with Crippen LogP contribution in [0.15, 0.2) is 0 Å². The average molecular weight is 398 g/mol. The topological polar surface area (TPSA) is 157 Å². The maximum atomic E-state index is 12.7. The van der Waals surface area contributed by atoms with E-state index >= 15 is 0 Å². The van der Waals surface area contributed by atoms with Gasteiger partial charge < -0.3 is 25.5 Å². The lowest BCUT2D eigenvalue weighted by Gasteiger charge is -2.31. The number of amides is 1. The van der Waals surface area contributed by atoms with Gasteiger partial charge in [0.1, 0.15) is 12.2 Å². The molecule has 10 nitrogen and oxygen atoms in total. The second-order valence-electron chi connectivity index (χ2n) is 6.62. The van der Waals surface area contributed by atoms with Crippen molar-refractivity contribution < 1.29 is 39.0 Å². The van der Waals surface area contributed by atoms with E-state index in [0.717, 1.165) is 0 Å². The van der Waals surface area contributed by atoms with Crippen LogP contribution in [0.25, 0.3) is 0 Å². The maximum absolute atomic E-state index is 12.7. The third-order valence-corrected chi connectivity index (χ3v) is 5.14. The maximum Gasteiger partial charge on any atom is 0.354 e. The van der Waals surface area contributed by atoms with Crippen molar-refractivity contribution in [1.82, 2.24) is 10.4 Å². The van der Waals surface area contributed by atoms with Crippen LogP contribution in [0.3, 0.4) is 0 Å². The summed E-state index contributed by atoms with van der Waals surface area (Å²) in [5, 5.41) is 33.1. The minimum absolute atomic E-state index is 0.343. The first-order chi connectivity index (χ1) is 11.8. The van der Waals surface area contributed by atoms with Crippen molar-refractivity contribution in [1.29, 1.82) is 0 Å². The van der Waals surface area contributed by atoms with E-state index in [9.17, 15) is 14.8 Å². The first-order valence-corrected chi connectivity index (χ1v) is 10.0. The number of aliphatic hydroxyl groups excluding tert-OH is 2. The Kier molecular flexibility index (Phi) is 10.7. The molecule has 0 heterocycles. The first kappa shape index (κ1) is 25.1. The highest BCUT2D eigenvalue weighted by molar-refractivity contribution is 7.57. The monoisotopic (exact) mass is 398 g/mol. The standard InChI is InChI=1S/C15H32N3O7P/c1-8(2)24-26(23,25-9(3)4)18-11(6)14(20)16-10(5)13(19)17-12(7)15(21)22/h8-12,15,21-22H,1-7H3,(H,16,20)(H,17,19)(H,18,23)/p+1/t10-,11-,12-/m0/s1. The lowest BCUT2D eigenvalue weighted by Crippen LogP contribution is -2.84. The molecule has 0 aliphatic rings. The van der Waals surface area contributed by atoms with Gasteiger partial charge in [0.2, 0.25) is 6.04 Å². The number of aliphatic hydroxyl groups is 3. The molecule has 0 aliphatic carbocycles. The van der Waals surface area contributed by atoms with Gasteiger partial charge in [0, 0.05) is 6.92 Å². The Labute approximate surface area is 155 Å². The van der Waals surface area contributed by atoms with Gasteiger partial charge in [-0.1, -0.05) is 0 Å². The van der Waals surface area contributed by atoms with Gasteiger partial charge in [0.15, 0.2) is 12.3 Å². The second kappa shape index (κ2) is 11.1. The SMILES string of the molecule is CC(C)O[P+]([O-])(N[C@@H](C)C(O)=[NH+][C@@H](C)C(=O)N[C@@H](C)C(O)O)OC(C)C. The molecule has 6 N–H and O–H groups in total. The lowest BCUT2D eigenvalue weighted by atomic mass is 10.2. The lowest BCUT2D eigenvalue weighted by molar-refractivity contribution is -0.493. The van der Waals surface area contributed by atoms with E-state index in [2.05, 4.69) is 15.4 Å². The van der Waals surface area contributed by atoms with Crippen molar-refractivity contribution in [3.8, 4) is 0 Å². The molecular weight excluding hydrogens is 365 g/mol. The van der Waals surface area contributed by atoms with Gasteiger partial charge in [0.25, 0.3) is 5.91 Å². The highest BCUT2D eigenvalue weighted by Crippen LogP contribution is 2.50. The van der Waals surface area contributed by atoms with Crippen LogP contribution >= 0.6 is 8.09 Å². The predicted octanol–water partition coefficient (Wildman–Crippen LogP) is -1.91. The Morgan fingerprint density at radius 2 is 1.50 bits per heavy atom. The van der Waals surface area contributed by atoms with Crippen LogP contribution in [0.5, 0.6) is 0 Å². The molecule has 0 fully saturated rings. The number of nitrogens with one attached hydrogen (secondary N) is 3. The fourth-order valence-electron chi connectivity index (χ4n) is 1.78. The summed E-state index contributed by atoms with van der Waals surface area (Å²) >= 11 is 0. The number of hydrogen-bond donors (Lipinski definition) is 6. The van der Waals surface area contributed by atoms with E-state index in [1.807, 2.05) is 0 Å². The quantitative estimate of drug-likeness (QED) is 0.102. The molecule has 1 amide bonds. The molecule has 0 saturated heterocycles. The normalized spacial score (nSPS) is 16.9. The minimum Gasteiger partial charge on any atom is -0.616 e. The van der Waals surface area contributed by atoms with Gasteiger partial charge in [-0.25, -0.2) is 4.99 Å². The van der Waals surface area contributed by atoms with E-state index in [1.54, 1.807) is 27.7 Å². The molecular formula is C15H33N3O7P+. The molecule has 0 unspecified atom stereocenters. The van der Waals surface area contributed by atoms with Crippen LogP contribution < -0.4 is 20.3 Å². The Hall–Kier alpha value is -0.870. The Bertz CT molecular complexity index is 464. The Balaban J connectivity index is 5.01. The molecule has 0 aliphatic heterocycles. The zero-order chi connectivity index (χ0) is 20.7. The molecule has 0 radical (unpaired) electrons. The number of rotatable bonds is 11. The number of carbonyl (C=O) groups excluding carboxylic acids is 1. The molecule has 0 bridgehead atoms. The van der Waals surface area contributed by atoms with Gasteiger partial charge in [-0.15, -0.1) is 5.09 Å². The second-order valence-corrected chi connectivity index (χ2v) is 8.29. The summed E-state index contributed by atoms with van der Waals surface area (Å²) in [6, 6.07) is -2.60. The summed E-state index contributed by atoms with van der Waals surface area (Å²) in [6.45, 7) is 11.2. The molecule has 3 atom stereocenters. The molecule has 154 valence electrons. The fourth-order valence-corrected chi connectivity index (χ4v) is 3.65. The van der Waals surface area contributed by atoms with E-state index in [4.69, 9.17) is 19.3 Å². The van der Waals surface area contributed by atoms with Gasteiger partial charge in [-0.3, -0.25) is 4.79 Å². The van der Waals surface area contributed by atoms with E-state index in [1.165, 1.54) is 20.8 Å². The van der Waals surface area contributed by atoms with E-state index < -0.39 is 38.4 Å². The van der Waals surface area contributed by atoms with Crippen LogP contribution in [0.1, 0.15) is 48.5 Å². The van der Waals surface area contributed by atoms with Crippen molar-refractivity contribution in [2.24, 2.45) is 0 Å². The van der Waals surface area contributed by atoms with Crippen LogP contribution in [0.4, 0.5) is 0 Å². The molecule has 0 spiro atoms. The molecule has 0 rings (SSSR count). The van der Waals surface area contributed by atoms with Gasteiger partial charge in [-0.2, -0.15) is 9.05 Å². The van der Waals surface area contributed by atoms with Crippen molar-refractivity contribution in [3.63, 3.8) is 0 Å². The zero-order valence-corrected chi connectivity index (χ0v) is 17.3. The summed E-state index contributed by atoms with van der Waals surface area (Å²) in [6.07, 6.45) is -2.44. The minimum atomic E-state index is -3.68. The molecule has 0 aromatic heterocycles. The van der Waals surface area contributed by atoms with E-state index in [-0.39, 0.29) is 18.1 Å². The molecule has 0 saturated carbocycles. The average Bonchev–Trinajstić information content (AvgIpc) is 2.44.